The molecule has 2 aliphatic rings. The summed E-state index contributed by atoms with van der Waals surface area (Å²) < 4.78 is 0. The Hall–Kier alpha value is 0.470. The van der Waals surface area contributed by atoms with Gasteiger partial charge in [-0.1, -0.05) is 66.5 Å². The molecule has 0 bridgehead atoms. The first kappa shape index (κ1) is 16.5. The van der Waals surface area contributed by atoms with Crippen LogP contribution in [0.3, 0.4) is 0 Å². The maximum absolute atomic E-state index is 2.46. The lowest BCUT2D eigenvalue weighted by atomic mass is 9.56. The number of hydrogen-bond acceptors (Lipinski definition) is 0. The van der Waals surface area contributed by atoms with Gasteiger partial charge in [-0.2, -0.15) is 0 Å². The van der Waals surface area contributed by atoms with Gasteiger partial charge in [0.25, 0.3) is 0 Å². The molecule has 0 amide bonds. The van der Waals surface area contributed by atoms with E-state index in [2.05, 4.69) is 39.8 Å². The maximum Gasteiger partial charge on any atom is -0.0110 e. The van der Waals surface area contributed by atoms with Crippen molar-refractivity contribution in [1.29, 1.82) is 0 Å². The van der Waals surface area contributed by atoms with Gasteiger partial charge in [0.2, 0.25) is 0 Å². The zero-order valence-corrected chi connectivity index (χ0v) is 14.2. The molecule has 1 spiro atoms. The second kappa shape index (κ2) is 5.41. The minimum absolute atomic E-state index is 0. The molecular weight excluding hydrogens is 307 g/mol. The minimum atomic E-state index is 0. The van der Waals surface area contributed by atoms with Gasteiger partial charge in [0.1, 0.15) is 0 Å². The first-order valence-electron chi connectivity index (χ1n) is 6.62. The van der Waals surface area contributed by atoms with Crippen LogP contribution in [0.25, 0.3) is 0 Å². The second-order valence-corrected chi connectivity index (χ2v) is 6.07. The molecule has 1 fully saturated rings. The smallest absolute Gasteiger partial charge is 0.0110 e. The highest BCUT2D eigenvalue weighted by Gasteiger charge is 2.56. The van der Waals surface area contributed by atoms with E-state index in [-0.39, 0.29) is 24.0 Å². The average Bonchev–Trinajstić information content (AvgIpc) is 2.74. The lowest BCUT2D eigenvalue weighted by Crippen LogP contribution is -2.40. The molecule has 0 N–H and O–H groups in total. The Labute approximate surface area is 119 Å². The van der Waals surface area contributed by atoms with E-state index in [1.54, 1.807) is 0 Å². The van der Waals surface area contributed by atoms with E-state index in [9.17, 15) is 0 Å². The third kappa shape index (κ3) is 2.21. The van der Waals surface area contributed by atoms with Crippen LogP contribution < -0.4 is 0 Å². The highest BCUT2D eigenvalue weighted by atomic mass is 127. The second-order valence-electron chi connectivity index (χ2n) is 6.07. The predicted octanol–water partition coefficient (Wildman–Crippen LogP) is 5.81. The SMILES string of the molecule is CC.CC1(C)C=CC(C)(C)C12CCCC2.I. The van der Waals surface area contributed by atoms with E-state index in [1.165, 1.54) is 25.7 Å². The fourth-order valence-electron chi connectivity index (χ4n) is 3.83. The van der Waals surface area contributed by atoms with Gasteiger partial charge in [-0.25, -0.2) is 0 Å². The molecule has 0 saturated heterocycles. The van der Waals surface area contributed by atoms with Crippen LogP contribution >= 0.6 is 24.0 Å². The third-order valence-electron chi connectivity index (χ3n) is 4.84. The normalized spacial score (nSPS) is 27.1. The average molecular weight is 336 g/mol. The Morgan fingerprint density at radius 3 is 1.38 bits per heavy atom. The molecule has 0 aromatic rings. The summed E-state index contributed by atoms with van der Waals surface area (Å²) in [5.74, 6) is 0. The predicted molar refractivity (Wildman–Crippen MR) is 84.4 cm³/mol. The van der Waals surface area contributed by atoms with Gasteiger partial charge in [0.15, 0.2) is 0 Å². The van der Waals surface area contributed by atoms with E-state index in [4.69, 9.17) is 0 Å². The van der Waals surface area contributed by atoms with E-state index < -0.39 is 0 Å². The number of rotatable bonds is 0. The fraction of sp³-hybridized carbons (Fsp3) is 0.867. The summed E-state index contributed by atoms with van der Waals surface area (Å²) in [6.45, 7) is 13.7. The van der Waals surface area contributed by atoms with Gasteiger partial charge in [0, 0.05) is 0 Å². The number of hydrogen-bond donors (Lipinski definition) is 0. The first-order chi connectivity index (χ1) is 6.91. The first-order valence-corrected chi connectivity index (χ1v) is 6.62. The van der Waals surface area contributed by atoms with Crippen LogP contribution in [0.4, 0.5) is 0 Å². The summed E-state index contributed by atoms with van der Waals surface area (Å²) in [6, 6.07) is 0. The highest BCUT2D eigenvalue weighted by molar-refractivity contribution is 14.0. The Kier molecular flexibility index (Phi) is 5.57. The molecule has 1 saturated carbocycles. The molecule has 0 nitrogen and oxygen atoms in total. The lowest BCUT2D eigenvalue weighted by Gasteiger charge is -2.47. The van der Waals surface area contributed by atoms with Gasteiger partial charge in [0.05, 0.1) is 0 Å². The topological polar surface area (TPSA) is 0 Å². The van der Waals surface area contributed by atoms with Gasteiger partial charge < -0.3 is 0 Å². The Morgan fingerprint density at radius 1 is 0.750 bits per heavy atom. The van der Waals surface area contributed by atoms with Crippen LogP contribution in [0, 0.1) is 16.2 Å². The van der Waals surface area contributed by atoms with Crippen molar-refractivity contribution in [3.8, 4) is 0 Å². The van der Waals surface area contributed by atoms with Crippen molar-refractivity contribution in [1.82, 2.24) is 0 Å². The van der Waals surface area contributed by atoms with Gasteiger partial charge in [-0.15, -0.1) is 24.0 Å². The molecule has 0 aromatic heterocycles. The number of halogens is 1. The summed E-state index contributed by atoms with van der Waals surface area (Å²) in [4.78, 5) is 0. The van der Waals surface area contributed by atoms with Crippen LogP contribution in [0.2, 0.25) is 0 Å². The molecule has 1 heteroatoms. The zero-order valence-electron chi connectivity index (χ0n) is 11.9. The van der Waals surface area contributed by atoms with E-state index >= 15 is 0 Å². The Morgan fingerprint density at radius 2 is 1.06 bits per heavy atom. The largest absolute Gasteiger partial charge is 0.107 e. The highest BCUT2D eigenvalue weighted by Crippen LogP contribution is 2.65. The van der Waals surface area contributed by atoms with Crippen molar-refractivity contribution in [2.24, 2.45) is 16.2 Å². The van der Waals surface area contributed by atoms with E-state index in [0.29, 0.717) is 16.2 Å². The number of allylic oxidation sites excluding steroid dienone is 2. The molecule has 0 radical (unpaired) electrons. The molecule has 2 rings (SSSR count). The van der Waals surface area contributed by atoms with E-state index in [0.717, 1.165) is 0 Å². The summed E-state index contributed by atoms with van der Waals surface area (Å²) in [5, 5.41) is 0. The van der Waals surface area contributed by atoms with Crippen molar-refractivity contribution in [2.45, 2.75) is 67.2 Å². The Bertz CT molecular complexity index is 222. The summed E-state index contributed by atoms with van der Waals surface area (Å²) in [7, 11) is 0. The molecule has 0 aliphatic heterocycles. The van der Waals surface area contributed by atoms with E-state index in [1.807, 2.05) is 13.8 Å². The van der Waals surface area contributed by atoms with Crippen LogP contribution in [0.15, 0.2) is 12.2 Å². The summed E-state index contributed by atoms with van der Waals surface area (Å²) in [6.07, 6.45) is 10.7. The van der Waals surface area contributed by atoms with Gasteiger partial charge in [-0.05, 0) is 29.1 Å². The van der Waals surface area contributed by atoms with Crippen molar-refractivity contribution in [3.63, 3.8) is 0 Å². The molecule has 96 valence electrons. The van der Waals surface area contributed by atoms with Crippen molar-refractivity contribution < 1.29 is 0 Å². The molecule has 0 atom stereocenters. The van der Waals surface area contributed by atoms with Crippen LogP contribution in [-0.2, 0) is 0 Å². The molecule has 2 aliphatic carbocycles. The van der Waals surface area contributed by atoms with Crippen molar-refractivity contribution >= 4 is 24.0 Å². The molecule has 0 heterocycles. The Balaban J connectivity index is 0.000000711. The van der Waals surface area contributed by atoms with Gasteiger partial charge >= 0.3 is 0 Å². The van der Waals surface area contributed by atoms with Crippen LogP contribution in [-0.4, -0.2) is 0 Å². The molecule has 0 unspecified atom stereocenters. The fourth-order valence-corrected chi connectivity index (χ4v) is 3.83. The maximum atomic E-state index is 2.46. The van der Waals surface area contributed by atoms with Crippen molar-refractivity contribution in [3.05, 3.63) is 12.2 Å². The molecule has 16 heavy (non-hydrogen) atoms. The molecule has 0 aromatic carbocycles. The van der Waals surface area contributed by atoms with Crippen LogP contribution in [0.1, 0.15) is 67.2 Å². The minimum Gasteiger partial charge on any atom is -0.107 e. The van der Waals surface area contributed by atoms with Crippen molar-refractivity contribution in [2.75, 3.05) is 0 Å². The summed E-state index contributed by atoms with van der Waals surface area (Å²) >= 11 is 0. The van der Waals surface area contributed by atoms with Gasteiger partial charge in [-0.3, -0.25) is 0 Å². The monoisotopic (exact) mass is 336 g/mol. The lowest BCUT2D eigenvalue weighted by molar-refractivity contribution is 0.0357. The third-order valence-corrected chi connectivity index (χ3v) is 4.84. The quantitative estimate of drug-likeness (QED) is 0.387. The standard InChI is InChI=1S/C13H22.C2H6.HI/c1-11(2)9-10-12(3,4)13(11)7-5-6-8-13;1-2;/h9-10H,5-8H2,1-4H3;1-2H3;1H. The van der Waals surface area contributed by atoms with Crippen LogP contribution in [0.5, 0.6) is 0 Å². The molecular formula is C15H29I. The zero-order chi connectivity index (χ0) is 11.7. The summed E-state index contributed by atoms with van der Waals surface area (Å²) in [5.41, 5.74) is 1.42.